The number of aliphatic hydroxyl groups is 1. The SMILES string of the molecule is C[C@H](C(=O)N[C@@](C)(CO)C1CCCCC1)N1CCSCC1. The number of amides is 1. The number of carbonyl (C=O) groups excluding carboxylic acids is 1. The van der Waals surface area contributed by atoms with E-state index in [2.05, 4.69) is 10.2 Å². The van der Waals surface area contributed by atoms with Crippen LogP contribution in [0.15, 0.2) is 0 Å². The standard InChI is InChI=1S/C16H30N2O2S/c1-13(18-8-10-21-11-9-18)15(20)17-16(2,12-19)14-6-4-3-5-7-14/h13-14,19H,3-12H2,1-2H3,(H,17,20)/t13-,16+/m1/s1. The van der Waals surface area contributed by atoms with Crippen LogP contribution in [0.4, 0.5) is 0 Å². The van der Waals surface area contributed by atoms with Gasteiger partial charge in [0, 0.05) is 24.6 Å². The minimum absolute atomic E-state index is 0.0337. The van der Waals surface area contributed by atoms with Crippen molar-refractivity contribution in [2.24, 2.45) is 5.92 Å². The molecule has 2 atom stereocenters. The minimum atomic E-state index is -0.462. The molecule has 0 aromatic carbocycles. The smallest absolute Gasteiger partial charge is 0.237 e. The lowest BCUT2D eigenvalue weighted by Crippen LogP contribution is -2.59. The molecule has 5 heteroatoms. The zero-order valence-corrected chi connectivity index (χ0v) is 14.3. The maximum atomic E-state index is 12.6. The quantitative estimate of drug-likeness (QED) is 0.813. The Kier molecular flexibility index (Phi) is 6.38. The van der Waals surface area contributed by atoms with E-state index in [9.17, 15) is 9.90 Å². The van der Waals surface area contributed by atoms with Gasteiger partial charge in [-0.15, -0.1) is 0 Å². The van der Waals surface area contributed by atoms with E-state index in [-0.39, 0.29) is 18.6 Å². The Morgan fingerprint density at radius 3 is 2.52 bits per heavy atom. The van der Waals surface area contributed by atoms with E-state index in [1.54, 1.807) is 0 Å². The molecule has 2 rings (SSSR count). The maximum absolute atomic E-state index is 12.6. The highest BCUT2D eigenvalue weighted by atomic mass is 32.2. The van der Waals surface area contributed by atoms with Crippen LogP contribution in [0.2, 0.25) is 0 Å². The van der Waals surface area contributed by atoms with Crippen LogP contribution in [0.1, 0.15) is 46.0 Å². The van der Waals surface area contributed by atoms with E-state index in [4.69, 9.17) is 0 Å². The first-order valence-corrected chi connectivity index (χ1v) is 9.47. The number of nitrogens with one attached hydrogen (secondary N) is 1. The molecule has 4 nitrogen and oxygen atoms in total. The van der Waals surface area contributed by atoms with E-state index in [1.165, 1.54) is 19.3 Å². The van der Waals surface area contributed by atoms with Crippen molar-refractivity contribution in [3.8, 4) is 0 Å². The second kappa shape index (κ2) is 7.84. The second-order valence-electron chi connectivity index (χ2n) is 6.72. The topological polar surface area (TPSA) is 52.6 Å². The van der Waals surface area contributed by atoms with Crippen molar-refractivity contribution in [1.29, 1.82) is 0 Å². The number of rotatable bonds is 5. The van der Waals surface area contributed by atoms with Crippen LogP contribution in [0.25, 0.3) is 0 Å². The summed E-state index contributed by atoms with van der Waals surface area (Å²) in [6.07, 6.45) is 5.95. The van der Waals surface area contributed by atoms with Gasteiger partial charge in [0.15, 0.2) is 0 Å². The van der Waals surface area contributed by atoms with Gasteiger partial charge in [0.25, 0.3) is 0 Å². The summed E-state index contributed by atoms with van der Waals surface area (Å²) in [5.41, 5.74) is -0.462. The summed E-state index contributed by atoms with van der Waals surface area (Å²) < 4.78 is 0. The monoisotopic (exact) mass is 314 g/mol. The first-order valence-electron chi connectivity index (χ1n) is 8.31. The van der Waals surface area contributed by atoms with Crippen molar-refractivity contribution in [2.45, 2.75) is 57.5 Å². The largest absolute Gasteiger partial charge is 0.394 e. The van der Waals surface area contributed by atoms with Gasteiger partial charge >= 0.3 is 0 Å². The molecule has 0 unspecified atom stereocenters. The molecule has 1 aliphatic heterocycles. The summed E-state index contributed by atoms with van der Waals surface area (Å²) in [6.45, 7) is 6.01. The summed E-state index contributed by atoms with van der Waals surface area (Å²) in [4.78, 5) is 14.8. The molecule has 1 aliphatic carbocycles. The molecule has 1 saturated heterocycles. The second-order valence-corrected chi connectivity index (χ2v) is 7.95. The van der Waals surface area contributed by atoms with Crippen LogP contribution in [0, 0.1) is 5.92 Å². The molecular formula is C16H30N2O2S. The summed E-state index contributed by atoms with van der Waals surface area (Å²) in [5.74, 6) is 2.70. The normalized spacial score (nSPS) is 26.0. The Hall–Kier alpha value is -0.260. The summed E-state index contributed by atoms with van der Waals surface area (Å²) in [7, 11) is 0. The number of aliphatic hydroxyl groups excluding tert-OH is 1. The Labute approximate surface area is 133 Å². The Balaban J connectivity index is 1.94. The number of hydrogen-bond donors (Lipinski definition) is 2. The highest BCUT2D eigenvalue weighted by molar-refractivity contribution is 7.99. The van der Waals surface area contributed by atoms with Crippen LogP contribution >= 0.6 is 11.8 Å². The molecule has 122 valence electrons. The fraction of sp³-hybridized carbons (Fsp3) is 0.938. The summed E-state index contributed by atoms with van der Waals surface area (Å²) in [5, 5.41) is 13.0. The molecule has 2 fully saturated rings. The lowest BCUT2D eigenvalue weighted by atomic mass is 9.76. The lowest BCUT2D eigenvalue weighted by molar-refractivity contribution is -0.129. The van der Waals surface area contributed by atoms with Crippen molar-refractivity contribution in [1.82, 2.24) is 10.2 Å². The number of hydrogen-bond acceptors (Lipinski definition) is 4. The average molecular weight is 314 g/mol. The molecule has 0 radical (unpaired) electrons. The molecule has 1 heterocycles. The van der Waals surface area contributed by atoms with E-state index in [1.807, 2.05) is 25.6 Å². The molecule has 2 N–H and O–H groups in total. The number of nitrogens with zero attached hydrogens (tertiary/aromatic N) is 1. The molecule has 0 aromatic heterocycles. The molecular weight excluding hydrogens is 284 g/mol. The predicted molar refractivity (Wildman–Crippen MR) is 88.6 cm³/mol. The van der Waals surface area contributed by atoms with E-state index in [0.717, 1.165) is 37.4 Å². The van der Waals surface area contributed by atoms with Gasteiger partial charge in [-0.05, 0) is 32.6 Å². The minimum Gasteiger partial charge on any atom is -0.394 e. The Bertz CT molecular complexity index is 341. The van der Waals surface area contributed by atoms with Gasteiger partial charge in [-0.3, -0.25) is 9.69 Å². The number of carbonyl (C=O) groups is 1. The van der Waals surface area contributed by atoms with Gasteiger partial charge in [0.2, 0.25) is 5.91 Å². The molecule has 2 aliphatic rings. The van der Waals surface area contributed by atoms with Crippen molar-refractivity contribution in [3.05, 3.63) is 0 Å². The van der Waals surface area contributed by atoms with Crippen LogP contribution in [-0.4, -0.2) is 58.7 Å². The lowest BCUT2D eigenvalue weighted by Gasteiger charge is -2.41. The number of thioether (sulfide) groups is 1. The Morgan fingerprint density at radius 2 is 1.95 bits per heavy atom. The molecule has 0 aromatic rings. The van der Waals surface area contributed by atoms with Crippen molar-refractivity contribution in [2.75, 3.05) is 31.2 Å². The van der Waals surface area contributed by atoms with Gasteiger partial charge in [0.05, 0.1) is 18.2 Å². The molecule has 0 spiro atoms. The highest BCUT2D eigenvalue weighted by Crippen LogP contribution is 2.32. The van der Waals surface area contributed by atoms with Gasteiger partial charge in [-0.1, -0.05) is 19.3 Å². The Morgan fingerprint density at radius 1 is 1.33 bits per heavy atom. The van der Waals surface area contributed by atoms with Gasteiger partial charge < -0.3 is 10.4 Å². The third kappa shape index (κ3) is 4.36. The summed E-state index contributed by atoms with van der Waals surface area (Å²) >= 11 is 1.95. The zero-order valence-electron chi connectivity index (χ0n) is 13.4. The van der Waals surface area contributed by atoms with Gasteiger partial charge in [-0.2, -0.15) is 11.8 Å². The average Bonchev–Trinajstić information content (AvgIpc) is 2.55. The van der Waals surface area contributed by atoms with Crippen LogP contribution in [0.5, 0.6) is 0 Å². The molecule has 21 heavy (non-hydrogen) atoms. The van der Waals surface area contributed by atoms with E-state index >= 15 is 0 Å². The zero-order chi connectivity index (χ0) is 15.3. The third-order valence-corrected chi connectivity index (χ3v) is 6.16. The van der Waals surface area contributed by atoms with Crippen LogP contribution < -0.4 is 5.32 Å². The van der Waals surface area contributed by atoms with Crippen molar-refractivity contribution >= 4 is 17.7 Å². The first kappa shape index (κ1) is 17.1. The third-order valence-electron chi connectivity index (χ3n) is 5.22. The van der Waals surface area contributed by atoms with E-state index in [0.29, 0.717) is 5.92 Å². The maximum Gasteiger partial charge on any atom is 0.237 e. The van der Waals surface area contributed by atoms with Gasteiger partial charge in [0.1, 0.15) is 0 Å². The van der Waals surface area contributed by atoms with Crippen molar-refractivity contribution < 1.29 is 9.90 Å². The van der Waals surface area contributed by atoms with Crippen LogP contribution in [0.3, 0.4) is 0 Å². The van der Waals surface area contributed by atoms with Crippen molar-refractivity contribution in [3.63, 3.8) is 0 Å². The highest BCUT2D eigenvalue weighted by Gasteiger charge is 2.37. The fourth-order valence-corrected chi connectivity index (χ4v) is 4.46. The summed E-state index contributed by atoms with van der Waals surface area (Å²) in [6, 6.07) is -0.0969. The molecule has 1 saturated carbocycles. The molecule has 0 bridgehead atoms. The van der Waals surface area contributed by atoms with Gasteiger partial charge in [-0.25, -0.2) is 0 Å². The predicted octanol–water partition coefficient (Wildman–Crippen LogP) is 1.87. The van der Waals surface area contributed by atoms with E-state index < -0.39 is 5.54 Å². The fourth-order valence-electron chi connectivity index (χ4n) is 3.53. The first-order chi connectivity index (χ1) is 10.1. The molecule has 1 amide bonds. The van der Waals surface area contributed by atoms with Crippen LogP contribution in [-0.2, 0) is 4.79 Å².